The van der Waals surface area contributed by atoms with E-state index in [2.05, 4.69) is 0 Å². The Balaban J connectivity index is 1.48. The van der Waals surface area contributed by atoms with Crippen molar-refractivity contribution in [1.29, 1.82) is 0 Å². The molecule has 0 bridgehead atoms. The van der Waals surface area contributed by atoms with Gasteiger partial charge >= 0.3 is 0 Å². The number of nitrogens with zero attached hydrogens (tertiary/aromatic N) is 1. The van der Waals surface area contributed by atoms with E-state index < -0.39 is 10.0 Å². The van der Waals surface area contributed by atoms with Crippen LogP contribution in [-0.2, 0) is 34.5 Å². The van der Waals surface area contributed by atoms with E-state index in [0.29, 0.717) is 28.7 Å². The van der Waals surface area contributed by atoms with Crippen molar-refractivity contribution in [2.24, 2.45) is 0 Å². The van der Waals surface area contributed by atoms with Gasteiger partial charge in [-0.05, 0) is 35.2 Å². The largest absolute Gasteiger partial charge is 0.492 e. The van der Waals surface area contributed by atoms with E-state index in [1.807, 2.05) is 18.2 Å². The second-order valence-corrected chi connectivity index (χ2v) is 9.76. The third-order valence-electron chi connectivity index (χ3n) is 4.64. The Bertz CT molecular complexity index is 1080. The molecule has 152 valence electrons. The summed E-state index contributed by atoms with van der Waals surface area (Å²) in [7, 11) is -3.56. The highest BCUT2D eigenvalue weighted by atomic mass is 32.2. The SMILES string of the molecule is O=S(=O)(c1cccs1)N1CCOc2ccc(COCc3ccccc3F)cc2C1. The maximum absolute atomic E-state index is 13.7. The van der Waals surface area contributed by atoms with E-state index in [-0.39, 0.29) is 25.5 Å². The van der Waals surface area contributed by atoms with E-state index in [0.717, 1.165) is 11.1 Å². The molecule has 0 spiro atoms. The highest BCUT2D eigenvalue weighted by Gasteiger charge is 2.28. The highest BCUT2D eigenvalue weighted by molar-refractivity contribution is 7.91. The zero-order valence-electron chi connectivity index (χ0n) is 15.6. The fraction of sp³-hybridized carbons (Fsp3) is 0.238. The van der Waals surface area contributed by atoms with Gasteiger partial charge in [-0.15, -0.1) is 11.3 Å². The molecular formula is C21H20FNO4S2. The van der Waals surface area contributed by atoms with Crippen molar-refractivity contribution in [2.75, 3.05) is 13.2 Å². The Morgan fingerprint density at radius 3 is 2.76 bits per heavy atom. The molecule has 1 aliphatic heterocycles. The number of benzene rings is 2. The van der Waals surface area contributed by atoms with Gasteiger partial charge in [-0.3, -0.25) is 0 Å². The minimum atomic E-state index is -3.56. The lowest BCUT2D eigenvalue weighted by Crippen LogP contribution is -2.32. The number of rotatable bonds is 6. The standard InChI is InChI=1S/C21H20FNO4S2/c22-19-5-2-1-4-17(19)15-26-14-16-7-8-20-18(12-16)13-23(9-10-27-20)29(24,25)21-6-3-11-28-21/h1-8,11-12H,9-10,13-15H2. The smallest absolute Gasteiger partial charge is 0.252 e. The van der Waals surface area contributed by atoms with Crippen LogP contribution in [0.3, 0.4) is 0 Å². The van der Waals surface area contributed by atoms with Gasteiger partial charge in [0.05, 0.1) is 13.2 Å². The summed E-state index contributed by atoms with van der Waals surface area (Å²) in [5.41, 5.74) is 2.16. The van der Waals surface area contributed by atoms with Crippen LogP contribution in [0, 0.1) is 5.82 Å². The third kappa shape index (κ3) is 4.51. The molecule has 0 radical (unpaired) electrons. The molecular weight excluding hydrogens is 413 g/mol. The van der Waals surface area contributed by atoms with Crippen LogP contribution >= 0.6 is 11.3 Å². The van der Waals surface area contributed by atoms with E-state index in [9.17, 15) is 12.8 Å². The van der Waals surface area contributed by atoms with Gasteiger partial charge in [0.1, 0.15) is 22.4 Å². The zero-order valence-corrected chi connectivity index (χ0v) is 17.2. The monoisotopic (exact) mass is 433 g/mol. The van der Waals surface area contributed by atoms with Crippen molar-refractivity contribution in [1.82, 2.24) is 4.31 Å². The molecule has 29 heavy (non-hydrogen) atoms. The summed E-state index contributed by atoms with van der Waals surface area (Å²) in [5.74, 6) is 0.379. The van der Waals surface area contributed by atoms with Crippen LogP contribution in [-0.4, -0.2) is 25.9 Å². The van der Waals surface area contributed by atoms with Crippen LogP contribution in [0.25, 0.3) is 0 Å². The average Bonchev–Trinajstić information content (AvgIpc) is 3.17. The molecule has 4 rings (SSSR count). The second-order valence-electron chi connectivity index (χ2n) is 6.65. The molecule has 0 saturated carbocycles. The maximum atomic E-state index is 13.7. The summed E-state index contributed by atoms with van der Waals surface area (Å²) in [6, 6.07) is 15.4. The first-order valence-electron chi connectivity index (χ1n) is 9.13. The molecule has 5 nitrogen and oxygen atoms in total. The van der Waals surface area contributed by atoms with Gasteiger partial charge in [-0.2, -0.15) is 4.31 Å². The highest BCUT2D eigenvalue weighted by Crippen LogP contribution is 2.29. The van der Waals surface area contributed by atoms with Crippen molar-refractivity contribution >= 4 is 21.4 Å². The molecule has 1 aliphatic rings. The molecule has 8 heteroatoms. The molecule has 0 N–H and O–H groups in total. The Morgan fingerprint density at radius 2 is 1.97 bits per heavy atom. The molecule has 1 aromatic heterocycles. The van der Waals surface area contributed by atoms with E-state index in [1.165, 1.54) is 21.7 Å². The van der Waals surface area contributed by atoms with Gasteiger partial charge in [0.2, 0.25) is 0 Å². The van der Waals surface area contributed by atoms with Crippen LogP contribution in [0.1, 0.15) is 16.7 Å². The van der Waals surface area contributed by atoms with Crippen molar-refractivity contribution in [3.05, 3.63) is 82.5 Å². The summed E-state index contributed by atoms with van der Waals surface area (Å²) in [4.78, 5) is 0. The number of fused-ring (bicyclic) bond motifs is 1. The molecule has 3 aromatic rings. The van der Waals surface area contributed by atoms with Gasteiger partial charge in [-0.1, -0.05) is 30.3 Å². The Labute approximate surface area is 173 Å². The van der Waals surface area contributed by atoms with Gasteiger partial charge < -0.3 is 9.47 Å². The van der Waals surface area contributed by atoms with Gasteiger partial charge in [-0.25, -0.2) is 12.8 Å². The first-order chi connectivity index (χ1) is 14.0. The van der Waals surface area contributed by atoms with Crippen molar-refractivity contribution < 1.29 is 22.3 Å². The van der Waals surface area contributed by atoms with E-state index >= 15 is 0 Å². The Hall–Kier alpha value is -2.26. The first kappa shape index (κ1) is 20.0. The Kier molecular flexibility index (Phi) is 5.96. The summed E-state index contributed by atoms with van der Waals surface area (Å²) in [6.07, 6.45) is 0. The van der Waals surface area contributed by atoms with Gasteiger partial charge in [0.15, 0.2) is 0 Å². The number of hydrogen-bond donors (Lipinski definition) is 0. The maximum Gasteiger partial charge on any atom is 0.252 e. The topological polar surface area (TPSA) is 55.8 Å². The quantitative estimate of drug-likeness (QED) is 0.585. The fourth-order valence-electron chi connectivity index (χ4n) is 3.15. The van der Waals surface area contributed by atoms with Crippen molar-refractivity contribution in [3.63, 3.8) is 0 Å². The van der Waals surface area contributed by atoms with E-state index in [1.54, 1.807) is 35.7 Å². The Morgan fingerprint density at radius 1 is 1.10 bits per heavy atom. The molecule has 0 unspecified atom stereocenters. The molecule has 2 heterocycles. The molecule has 2 aromatic carbocycles. The van der Waals surface area contributed by atoms with Crippen molar-refractivity contribution in [3.8, 4) is 5.75 Å². The summed E-state index contributed by atoms with van der Waals surface area (Å²) in [6.45, 7) is 1.27. The lowest BCUT2D eigenvalue weighted by molar-refractivity contribution is 0.105. The third-order valence-corrected chi connectivity index (χ3v) is 7.86. The number of sulfonamides is 1. The predicted octanol–water partition coefficient (Wildman–Crippen LogP) is 4.19. The minimum Gasteiger partial charge on any atom is -0.492 e. The minimum absolute atomic E-state index is 0.166. The molecule has 0 saturated heterocycles. The van der Waals surface area contributed by atoms with Gasteiger partial charge in [0, 0.05) is 24.2 Å². The van der Waals surface area contributed by atoms with Crippen LogP contribution in [0.15, 0.2) is 64.2 Å². The molecule has 0 fully saturated rings. The van der Waals surface area contributed by atoms with Crippen molar-refractivity contribution in [2.45, 2.75) is 24.0 Å². The second kappa shape index (κ2) is 8.62. The van der Waals surface area contributed by atoms with E-state index in [4.69, 9.17) is 9.47 Å². The normalized spacial score (nSPS) is 14.8. The van der Waals surface area contributed by atoms with Crippen LogP contribution in [0.5, 0.6) is 5.75 Å². The van der Waals surface area contributed by atoms with Crippen LogP contribution in [0.2, 0.25) is 0 Å². The zero-order chi connectivity index (χ0) is 20.3. The van der Waals surface area contributed by atoms with Gasteiger partial charge in [0.25, 0.3) is 10.0 Å². The summed E-state index contributed by atoms with van der Waals surface area (Å²) in [5, 5.41) is 1.75. The molecule has 0 atom stereocenters. The van der Waals surface area contributed by atoms with Crippen LogP contribution in [0.4, 0.5) is 4.39 Å². The summed E-state index contributed by atoms with van der Waals surface area (Å²) >= 11 is 1.20. The lowest BCUT2D eigenvalue weighted by Gasteiger charge is -2.18. The lowest BCUT2D eigenvalue weighted by atomic mass is 10.1. The number of ether oxygens (including phenoxy) is 2. The molecule has 0 amide bonds. The fourth-order valence-corrected chi connectivity index (χ4v) is 5.70. The first-order valence-corrected chi connectivity index (χ1v) is 11.5. The number of thiophene rings is 1. The van der Waals surface area contributed by atoms with Crippen LogP contribution < -0.4 is 4.74 Å². The summed E-state index contributed by atoms with van der Waals surface area (Å²) < 4.78 is 52.6. The number of hydrogen-bond acceptors (Lipinski definition) is 5. The number of halogens is 1. The molecule has 0 aliphatic carbocycles. The average molecular weight is 434 g/mol. The predicted molar refractivity (Wildman–Crippen MR) is 109 cm³/mol.